The van der Waals surface area contributed by atoms with Crippen LogP contribution in [0, 0.1) is 5.41 Å². The monoisotopic (exact) mass is 185 g/mol. The third kappa shape index (κ3) is 6.09. The molecule has 13 heavy (non-hydrogen) atoms. The molecule has 0 aliphatic carbocycles. The largest absolute Gasteiger partial charge is 0.314 e. The third-order valence-corrected chi connectivity index (χ3v) is 2.64. The van der Waals surface area contributed by atoms with E-state index in [1.54, 1.807) is 0 Å². The zero-order valence-corrected chi connectivity index (χ0v) is 10.1. The van der Waals surface area contributed by atoms with Gasteiger partial charge in [-0.25, -0.2) is 0 Å². The van der Waals surface area contributed by atoms with Gasteiger partial charge < -0.3 is 5.32 Å². The first kappa shape index (κ1) is 13.0. The standard InChI is InChI=1S/C12H27N/c1-6-8-12(5,9-7-2)10-13-11(3)4/h11,13H,6-10H2,1-5H3. The van der Waals surface area contributed by atoms with Gasteiger partial charge in [-0.1, -0.05) is 47.5 Å². The zero-order valence-electron chi connectivity index (χ0n) is 10.1. The van der Waals surface area contributed by atoms with Crippen molar-refractivity contribution in [2.24, 2.45) is 5.41 Å². The second-order valence-corrected chi connectivity index (χ2v) is 4.85. The summed E-state index contributed by atoms with van der Waals surface area (Å²) in [6.07, 6.45) is 5.30. The molecule has 0 atom stereocenters. The Labute approximate surface area is 84.3 Å². The Morgan fingerprint density at radius 2 is 1.54 bits per heavy atom. The van der Waals surface area contributed by atoms with Crippen LogP contribution in [0.2, 0.25) is 0 Å². The van der Waals surface area contributed by atoms with E-state index in [4.69, 9.17) is 0 Å². The Bertz CT molecular complexity index is 112. The lowest BCUT2D eigenvalue weighted by Crippen LogP contribution is -2.35. The molecule has 0 rings (SSSR count). The lowest BCUT2D eigenvalue weighted by molar-refractivity contribution is 0.246. The molecule has 0 fully saturated rings. The van der Waals surface area contributed by atoms with Gasteiger partial charge in [0.25, 0.3) is 0 Å². The van der Waals surface area contributed by atoms with E-state index in [0.717, 1.165) is 0 Å². The van der Waals surface area contributed by atoms with Crippen LogP contribution in [-0.2, 0) is 0 Å². The van der Waals surface area contributed by atoms with Crippen LogP contribution in [0.4, 0.5) is 0 Å². The zero-order chi connectivity index (χ0) is 10.3. The van der Waals surface area contributed by atoms with Gasteiger partial charge in [0.1, 0.15) is 0 Å². The predicted octanol–water partition coefficient (Wildman–Crippen LogP) is 3.59. The van der Waals surface area contributed by atoms with Crippen molar-refractivity contribution in [2.75, 3.05) is 6.54 Å². The summed E-state index contributed by atoms with van der Waals surface area (Å²) in [7, 11) is 0. The van der Waals surface area contributed by atoms with E-state index in [2.05, 4.69) is 39.9 Å². The van der Waals surface area contributed by atoms with Crippen molar-refractivity contribution < 1.29 is 0 Å². The minimum atomic E-state index is 0.522. The molecular weight excluding hydrogens is 158 g/mol. The molecule has 1 N–H and O–H groups in total. The highest BCUT2D eigenvalue weighted by molar-refractivity contribution is 4.76. The fourth-order valence-corrected chi connectivity index (χ4v) is 1.96. The van der Waals surface area contributed by atoms with E-state index >= 15 is 0 Å². The summed E-state index contributed by atoms with van der Waals surface area (Å²) in [5, 5.41) is 3.56. The van der Waals surface area contributed by atoms with Gasteiger partial charge in [0.15, 0.2) is 0 Å². The molecule has 0 spiro atoms. The van der Waals surface area contributed by atoms with Crippen molar-refractivity contribution in [1.29, 1.82) is 0 Å². The van der Waals surface area contributed by atoms with E-state index in [1.807, 2.05) is 0 Å². The van der Waals surface area contributed by atoms with Gasteiger partial charge >= 0.3 is 0 Å². The topological polar surface area (TPSA) is 12.0 Å². The SMILES string of the molecule is CCCC(C)(CCC)CNC(C)C. The molecule has 0 aliphatic heterocycles. The quantitative estimate of drug-likeness (QED) is 0.639. The van der Waals surface area contributed by atoms with Crippen molar-refractivity contribution in [3.63, 3.8) is 0 Å². The molecule has 0 unspecified atom stereocenters. The first-order valence-electron chi connectivity index (χ1n) is 5.77. The maximum Gasteiger partial charge on any atom is 0.00106 e. The van der Waals surface area contributed by atoms with Gasteiger partial charge in [0.05, 0.1) is 0 Å². The molecule has 0 saturated heterocycles. The van der Waals surface area contributed by atoms with Crippen LogP contribution < -0.4 is 5.32 Å². The minimum absolute atomic E-state index is 0.522. The lowest BCUT2D eigenvalue weighted by atomic mass is 9.81. The summed E-state index contributed by atoms with van der Waals surface area (Å²) in [5.74, 6) is 0. The fraction of sp³-hybridized carbons (Fsp3) is 1.00. The summed E-state index contributed by atoms with van der Waals surface area (Å²) in [6.45, 7) is 12.6. The van der Waals surface area contributed by atoms with Gasteiger partial charge in [0.2, 0.25) is 0 Å². The van der Waals surface area contributed by atoms with Crippen molar-refractivity contribution in [2.45, 2.75) is 66.3 Å². The van der Waals surface area contributed by atoms with E-state index in [-0.39, 0.29) is 0 Å². The van der Waals surface area contributed by atoms with Crippen LogP contribution in [0.15, 0.2) is 0 Å². The summed E-state index contributed by atoms with van der Waals surface area (Å²) < 4.78 is 0. The Morgan fingerprint density at radius 1 is 1.08 bits per heavy atom. The molecule has 80 valence electrons. The number of hydrogen-bond donors (Lipinski definition) is 1. The Kier molecular flexibility index (Phi) is 6.40. The molecule has 0 saturated carbocycles. The normalized spacial score (nSPS) is 12.5. The van der Waals surface area contributed by atoms with Crippen molar-refractivity contribution in [3.8, 4) is 0 Å². The van der Waals surface area contributed by atoms with Gasteiger partial charge in [0, 0.05) is 12.6 Å². The highest BCUT2D eigenvalue weighted by Gasteiger charge is 2.21. The Balaban J connectivity index is 3.91. The van der Waals surface area contributed by atoms with Crippen LogP contribution in [0.3, 0.4) is 0 Å². The van der Waals surface area contributed by atoms with Crippen LogP contribution in [0.5, 0.6) is 0 Å². The fourth-order valence-electron chi connectivity index (χ4n) is 1.96. The van der Waals surface area contributed by atoms with Gasteiger partial charge in [-0.15, -0.1) is 0 Å². The van der Waals surface area contributed by atoms with Crippen LogP contribution in [0.1, 0.15) is 60.3 Å². The molecule has 0 aromatic heterocycles. The van der Waals surface area contributed by atoms with Crippen LogP contribution >= 0.6 is 0 Å². The Morgan fingerprint density at radius 3 is 1.85 bits per heavy atom. The molecule has 1 heteroatoms. The van der Waals surface area contributed by atoms with Crippen molar-refractivity contribution in [3.05, 3.63) is 0 Å². The molecule has 0 aliphatic rings. The second-order valence-electron chi connectivity index (χ2n) is 4.85. The van der Waals surface area contributed by atoms with Gasteiger partial charge in [-0.05, 0) is 18.3 Å². The molecule has 0 bridgehead atoms. The van der Waals surface area contributed by atoms with Crippen molar-refractivity contribution >= 4 is 0 Å². The number of nitrogens with one attached hydrogen (secondary N) is 1. The minimum Gasteiger partial charge on any atom is -0.314 e. The molecule has 0 heterocycles. The summed E-state index contributed by atoms with van der Waals surface area (Å²) in [4.78, 5) is 0. The maximum absolute atomic E-state index is 3.56. The van der Waals surface area contributed by atoms with Gasteiger partial charge in [-0.3, -0.25) is 0 Å². The molecular formula is C12H27N. The van der Waals surface area contributed by atoms with E-state index in [9.17, 15) is 0 Å². The smallest absolute Gasteiger partial charge is 0.00106 e. The highest BCUT2D eigenvalue weighted by Crippen LogP contribution is 2.28. The van der Waals surface area contributed by atoms with Crippen molar-refractivity contribution in [1.82, 2.24) is 5.32 Å². The molecule has 0 aromatic rings. The Hall–Kier alpha value is -0.0400. The van der Waals surface area contributed by atoms with Crippen LogP contribution in [0.25, 0.3) is 0 Å². The second kappa shape index (κ2) is 6.42. The number of hydrogen-bond acceptors (Lipinski definition) is 1. The first-order chi connectivity index (χ1) is 6.04. The third-order valence-electron chi connectivity index (χ3n) is 2.64. The van der Waals surface area contributed by atoms with E-state index in [0.29, 0.717) is 11.5 Å². The molecule has 1 nitrogen and oxygen atoms in total. The summed E-state index contributed by atoms with van der Waals surface area (Å²) in [6, 6.07) is 0.619. The number of rotatable bonds is 7. The average Bonchev–Trinajstić information content (AvgIpc) is 2.02. The lowest BCUT2D eigenvalue weighted by Gasteiger charge is -2.30. The van der Waals surface area contributed by atoms with E-state index in [1.165, 1.54) is 32.2 Å². The summed E-state index contributed by atoms with van der Waals surface area (Å²) >= 11 is 0. The molecule has 0 radical (unpaired) electrons. The highest BCUT2D eigenvalue weighted by atomic mass is 14.9. The van der Waals surface area contributed by atoms with Crippen LogP contribution in [-0.4, -0.2) is 12.6 Å². The molecule has 0 amide bonds. The van der Waals surface area contributed by atoms with E-state index < -0.39 is 0 Å². The first-order valence-corrected chi connectivity index (χ1v) is 5.77. The average molecular weight is 185 g/mol. The molecule has 0 aromatic carbocycles. The predicted molar refractivity (Wildman–Crippen MR) is 61.1 cm³/mol. The van der Waals surface area contributed by atoms with Gasteiger partial charge in [-0.2, -0.15) is 0 Å². The maximum atomic E-state index is 3.56. The summed E-state index contributed by atoms with van der Waals surface area (Å²) in [5.41, 5.74) is 0.522.